The molecule has 1 aliphatic rings. The van der Waals surface area contributed by atoms with E-state index in [9.17, 15) is 8.42 Å². The van der Waals surface area contributed by atoms with Gasteiger partial charge >= 0.3 is 0 Å². The first kappa shape index (κ1) is 14.4. The Kier molecular flexibility index (Phi) is 4.80. The molecule has 1 fully saturated rings. The molecule has 0 saturated carbocycles. The van der Waals surface area contributed by atoms with Crippen LogP contribution in [0.5, 0.6) is 0 Å². The summed E-state index contributed by atoms with van der Waals surface area (Å²) in [4.78, 5) is 0.434. The average Bonchev–Trinajstić information content (AvgIpc) is 2.20. The molecule has 0 aromatic rings. The van der Waals surface area contributed by atoms with Crippen molar-refractivity contribution in [2.45, 2.75) is 38.1 Å². The van der Waals surface area contributed by atoms with Gasteiger partial charge in [-0.1, -0.05) is 22.9 Å². The minimum Gasteiger partial charge on any atom is -0.195 e. The van der Waals surface area contributed by atoms with Crippen LogP contribution in [0.15, 0.2) is 0 Å². The summed E-state index contributed by atoms with van der Waals surface area (Å²) in [5, 5.41) is 0. The second-order valence-corrected chi connectivity index (χ2v) is 7.92. The quantitative estimate of drug-likeness (QED) is 0.744. The summed E-state index contributed by atoms with van der Waals surface area (Å²) in [5.41, 5.74) is 0. The highest BCUT2D eigenvalue weighted by atomic mass is 79.9. The number of piperidine rings is 1. The fraction of sp³-hybridized carbons (Fsp3) is 1.00. The second-order valence-electron chi connectivity index (χ2n) is 4.76. The molecule has 2 unspecified atom stereocenters. The van der Waals surface area contributed by atoms with Gasteiger partial charge in [0.2, 0.25) is 0 Å². The van der Waals surface area contributed by atoms with Gasteiger partial charge in [-0.3, -0.25) is 0 Å². The summed E-state index contributed by atoms with van der Waals surface area (Å²) in [5.74, 6) is 0.365. The van der Waals surface area contributed by atoms with Crippen molar-refractivity contribution in [3.63, 3.8) is 0 Å². The zero-order valence-electron chi connectivity index (χ0n) is 10.4. The summed E-state index contributed by atoms with van der Waals surface area (Å²) in [7, 11) is -1.63. The molecule has 0 radical (unpaired) electrons. The van der Waals surface area contributed by atoms with Gasteiger partial charge in [-0.05, 0) is 26.2 Å². The van der Waals surface area contributed by atoms with Gasteiger partial charge in [0.25, 0.3) is 10.2 Å². The van der Waals surface area contributed by atoms with Crippen LogP contribution in [0.2, 0.25) is 0 Å². The predicted octanol–water partition coefficient (Wildman–Crippen LogP) is 1.68. The Morgan fingerprint density at radius 1 is 1.44 bits per heavy atom. The van der Waals surface area contributed by atoms with Gasteiger partial charge in [-0.15, -0.1) is 0 Å². The summed E-state index contributed by atoms with van der Waals surface area (Å²) in [6.07, 6.45) is 0.881. The van der Waals surface area contributed by atoms with Crippen molar-refractivity contribution in [3.05, 3.63) is 0 Å². The van der Waals surface area contributed by atoms with Crippen molar-refractivity contribution in [2.75, 3.05) is 20.1 Å². The third kappa shape index (κ3) is 2.97. The maximum atomic E-state index is 12.2. The van der Waals surface area contributed by atoms with E-state index in [0.29, 0.717) is 23.8 Å². The smallest absolute Gasteiger partial charge is 0.195 e. The molecule has 0 aromatic carbocycles. The highest BCUT2D eigenvalue weighted by Crippen LogP contribution is 2.26. The van der Waals surface area contributed by atoms with Gasteiger partial charge in [-0.25, -0.2) is 0 Å². The van der Waals surface area contributed by atoms with Gasteiger partial charge in [-0.2, -0.15) is 17.0 Å². The molecule has 6 heteroatoms. The predicted molar refractivity (Wildman–Crippen MR) is 69.9 cm³/mol. The van der Waals surface area contributed by atoms with Gasteiger partial charge in [0.05, 0.1) is 0 Å². The molecule has 4 nitrogen and oxygen atoms in total. The highest BCUT2D eigenvalue weighted by molar-refractivity contribution is 9.09. The SMILES string of the molecule is CC1CN(S(=O)(=O)N(C)C(C)C)CCC1Br. The fourth-order valence-corrected chi connectivity index (χ4v) is 3.77. The number of halogens is 1. The van der Waals surface area contributed by atoms with Crippen molar-refractivity contribution in [1.29, 1.82) is 0 Å². The van der Waals surface area contributed by atoms with Crippen LogP contribution in [0.25, 0.3) is 0 Å². The molecule has 0 amide bonds. The average molecular weight is 313 g/mol. The number of hydrogen-bond acceptors (Lipinski definition) is 2. The lowest BCUT2D eigenvalue weighted by Crippen LogP contribution is -2.50. The van der Waals surface area contributed by atoms with Crippen LogP contribution in [-0.4, -0.2) is 48.0 Å². The lowest BCUT2D eigenvalue weighted by Gasteiger charge is -2.36. The first-order chi connectivity index (χ1) is 7.26. The molecule has 0 aliphatic carbocycles. The van der Waals surface area contributed by atoms with Gasteiger partial charge < -0.3 is 0 Å². The molecule has 1 saturated heterocycles. The van der Waals surface area contributed by atoms with E-state index in [1.54, 1.807) is 11.4 Å². The van der Waals surface area contributed by atoms with Gasteiger partial charge in [0.1, 0.15) is 0 Å². The third-order valence-electron chi connectivity index (χ3n) is 3.18. The zero-order chi connectivity index (χ0) is 12.5. The molecular formula is C10H21BrN2O2S. The number of nitrogens with zero attached hydrogens (tertiary/aromatic N) is 2. The van der Waals surface area contributed by atoms with E-state index in [2.05, 4.69) is 22.9 Å². The minimum absolute atomic E-state index is 0.00185. The normalized spacial score (nSPS) is 28.9. The monoisotopic (exact) mass is 312 g/mol. The number of rotatable bonds is 3. The van der Waals surface area contributed by atoms with Crippen molar-refractivity contribution >= 4 is 26.1 Å². The molecule has 1 rings (SSSR count). The summed E-state index contributed by atoms with van der Waals surface area (Å²) in [6, 6.07) is 0.00185. The van der Waals surface area contributed by atoms with Crippen LogP contribution < -0.4 is 0 Å². The Hall–Kier alpha value is 0.350. The largest absolute Gasteiger partial charge is 0.281 e. The second kappa shape index (κ2) is 5.33. The Labute approximate surface area is 107 Å². The van der Waals surface area contributed by atoms with Crippen LogP contribution in [0.4, 0.5) is 0 Å². The zero-order valence-corrected chi connectivity index (χ0v) is 12.8. The maximum Gasteiger partial charge on any atom is 0.281 e. The van der Waals surface area contributed by atoms with Crippen LogP contribution in [-0.2, 0) is 10.2 Å². The standard InChI is InChI=1S/C10H21BrN2O2S/c1-8(2)12(4)16(14,15)13-6-5-10(11)9(3)7-13/h8-10H,5-7H2,1-4H3. The van der Waals surface area contributed by atoms with E-state index in [0.717, 1.165) is 6.42 Å². The fourth-order valence-electron chi connectivity index (χ4n) is 1.74. The lowest BCUT2D eigenvalue weighted by molar-refractivity contribution is 0.265. The minimum atomic E-state index is -3.27. The van der Waals surface area contributed by atoms with Crippen LogP contribution in [0.3, 0.4) is 0 Å². The van der Waals surface area contributed by atoms with Crippen molar-refractivity contribution < 1.29 is 8.42 Å². The summed E-state index contributed by atoms with van der Waals surface area (Å²) in [6.45, 7) is 7.07. The molecule has 0 spiro atoms. The van der Waals surface area contributed by atoms with Gasteiger partial charge in [0, 0.05) is 31.0 Å². The maximum absolute atomic E-state index is 12.2. The summed E-state index contributed by atoms with van der Waals surface area (Å²) >= 11 is 3.58. The molecule has 0 N–H and O–H groups in total. The number of hydrogen-bond donors (Lipinski definition) is 0. The van der Waals surface area contributed by atoms with E-state index in [-0.39, 0.29) is 6.04 Å². The van der Waals surface area contributed by atoms with Crippen molar-refractivity contribution in [3.8, 4) is 0 Å². The Morgan fingerprint density at radius 3 is 2.44 bits per heavy atom. The molecule has 1 aliphatic heterocycles. The van der Waals surface area contributed by atoms with E-state index < -0.39 is 10.2 Å². The highest BCUT2D eigenvalue weighted by Gasteiger charge is 2.34. The van der Waals surface area contributed by atoms with Crippen LogP contribution in [0, 0.1) is 5.92 Å². The lowest BCUT2D eigenvalue weighted by atomic mass is 10.0. The first-order valence-corrected chi connectivity index (χ1v) is 7.95. The van der Waals surface area contributed by atoms with E-state index in [1.165, 1.54) is 4.31 Å². The topological polar surface area (TPSA) is 40.6 Å². The van der Waals surface area contributed by atoms with E-state index in [4.69, 9.17) is 0 Å². The number of alkyl halides is 1. The van der Waals surface area contributed by atoms with E-state index in [1.807, 2.05) is 13.8 Å². The molecule has 1 heterocycles. The van der Waals surface area contributed by atoms with Crippen LogP contribution in [0.1, 0.15) is 27.2 Å². The van der Waals surface area contributed by atoms with Gasteiger partial charge in [0.15, 0.2) is 0 Å². The van der Waals surface area contributed by atoms with Crippen LogP contribution >= 0.6 is 15.9 Å². The Bertz CT molecular complexity index is 332. The Morgan fingerprint density at radius 2 is 2.00 bits per heavy atom. The molecule has 0 bridgehead atoms. The Balaban J connectivity index is 2.78. The molecule has 0 aromatic heterocycles. The summed E-state index contributed by atoms with van der Waals surface area (Å²) < 4.78 is 27.5. The molecule has 96 valence electrons. The van der Waals surface area contributed by atoms with Crippen molar-refractivity contribution in [2.24, 2.45) is 5.92 Å². The third-order valence-corrected chi connectivity index (χ3v) is 6.67. The molecular weight excluding hydrogens is 292 g/mol. The molecule has 16 heavy (non-hydrogen) atoms. The van der Waals surface area contributed by atoms with E-state index >= 15 is 0 Å². The molecule has 2 atom stereocenters. The first-order valence-electron chi connectivity index (χ1n) is 5.64. The van der Waals surface area contributed by atoms with Crippen molar-refractivity contribution in [1.82, 2.24) is 8.61 Å².